The highest BCUT2D eigenvalue weighted by Crippen LogP contribution is 1.94. The Bertz CT molecular complexity index is 234. The van der Waals surface area contributed by atoms with Crippen LogP contribution in [0.4, 0.5) is 0 Å². The molecule has 0 unspecified atom stereocenters. The summed E-state index contributed by atoms with van der Waals surface area (Å²) >= 11 is 0. The lowest BCUT2D eigenvalue weighted by atomic mass is 10.2. The number of hydrogen-bond acceptors (Lipinski definition) is 4. The van der Waals surface area contributed by atoms with Crippen LogP contribution in [0.3, 0.4) is 0 Å². The molecule has 0 aromatic carbocycles. The molecule has 0 saturated heterocycles. The van der Waals surface area contributed by atoms with Crippen molar-refractivity contribution in [1.82, 2.24) is 0 Å². The third-order valence-corrected chi connectivity index (χ3v) is 2.15. The zero-order valence-corrected chi connectivity index (χ0v) is 7.06. The van der Waals surface area contributed by atoms with Crippen molar-refractivity contribution < 1.29 is 14.1 Å². The van der Waals surface area contributed by atoms with Crippen LogP contribution in [0.1, 0.15) is 6.42 Å². The number of hydrogen-bond donors (Lipinski definition) is 3. The predicted molar refractivity (Wildman–Crippen MR) is 41.9 cm³/mol. The van der Waals surface area contributed by atoms with Crippen molar-refractivity contribution in [2.75, 3.05) is 12.0 Å². The summed E-state index contributed by atoms with van der Waals surface area (Å²) in [6, 6.07) is -0.999. The Balaban J connectivity index is 3.82. The molecule has 0 radical (unpaired) electrons. The van der Waals surface area contributed by atoms with Gasteiger partial charge in [-0.2, -0.15) is 0 Å². The third-order valence-electron chi connectivity index (χ3n) is 1.14. The Hall–Kier alpha value is -0.620. The number of carboxylic acids is 1. The van der Waals surface area contributed by atoms with Crippen LogP contribution in [0, 0.1) is 4.78 Å². The fraction of sp³-hybridized carbons (Fsp3) is 0.800. The number of nitrogens with one attached hydrogen (secondary N) is 1. The van der Waals surface area contributed by atoms with Crippen LogP contribution >= 0.6 is 0 Å². The van der Waals surface area contributed by atoms with E-state index in [4.69, 9.17) is 15.6 Å². The van der Waals surface area contributed by atoms with Gasteiger partial charge in [-0.25, -0.2) is 0 Å². The molecule has 0 aliphatic rings. The van der Waals surface area contributed by atoms with Crippen molar-refractivity contribution in [3.8, 4) is 0 Å². The van der Waals surface area contributed by atoms with E-state index in [1.807, 2.05) is 0 Å². The number of nitrogens with two attached hydrogens (primary N) is 1. The maximum Gasteiger partial charge on any atom is 0.320 e. The zero-order valence-electron chi connectivity index (χ0n) is 6.24. The van der Waals surface area contributed by atoms with Crippen molar-refractivity contribution >= 4 is 15.7 Å². The smallest absolute Gasteiger partial charge is 0.320 e. The molecule has 5 nitrogen and oxygen atoms in total. The molecule has 0 fully saturated rings. The topological polar surface area (TPSA) is 104 Å². The van der Waals surface area contributed by atoms with Gasteiger partial charge in [-0.05, 0) is 6.42 Å². The van der Waals surface area contributed by atoms with Gasteiger partial charge in [-0.15, -0.1) is 0 Å². The van der Waals surface area contributed by atoms with Crippen LogP contribution in [-0.4, -0.2) is 33.3 Å². The second kappa shape index (κ2) is 3.68. The molecule has 0 aliphatic heterocycles. The lowest BCUT2D eigenvalue weighted by Crippen LogP contribution is -2.31. The molecular formula is C5H12N2O3S. The lowest BCUT2D eigenvalue weighted by molar-refractivity contribution is -0.138. The Labute approximate surface area is 65.6 Å². The molecule has 0 aromatic rings. The Kier molecular flexibility index (Phi) is 3.47. The van der Waals surface area contributed by atoms with Gasteiger partial charge in [0.25, 0.3) is 0 Å². The first-order valence-corrected chi connectivity index (χ1v) is 5.16. The second-order valence-electron chi connectivity index (χ2n) is 2.44. The van der Waals surface area contributed by atoms with E-state index in [1.54, 1.807) is 0 Å². The maximum atomic E-state index is 10.7. The van der Waals surface area contributed by atoms with E-state index in [-0.39, 0.29) is 12.2 Å². The van der Waals surface area contributed by atoms with Crippen molar-refractivity contribution in [2.24, 2.45) is 5.73 Å². The van der Waals surface area contributed by atoms with E-state index >= 15 is 0 Å². The first kappa shape index (κ1) is 10.4. The molecule has 0 saturated carbocycles. The minimum atomic E-state index is -2.60. The summed E-state index contributed by atoms with van der Waals surface area (Å²) in [7, 11) is -2.60. The summed E-state index contributed by atoms with van der Waals surface area (Å²) < 4.78 is 17.7. The summed E-state index contributed by atoms with van der Waals surface area (Å²) in [5.41, 5.74) is 5.12. The summed E-state index contributed by atoms with van der Waals surface area (Å²) in [6.45, 7) is 0. The predicted octanol–water partition coefficient (Wildman–Crippen LogP) is -0.535. The van der Waals surface area contributed by atoms with Crippen molar-refractivity contribution in [3.63, 3.8) is 0 Å². The molecule has 0 spiro atoms. The quantitative estimate of drug-likeness (QED) is 0.540. The molecule has 66 valence electrons. The van der Waals surface area contributed by atoms with E-state index in [2.05, 4.69) is 0 Å². The van der Waals surface area contributed by atoms with Crippen LogP contribution in [0.15, 0.2) is 0 Å². The lowest BCUT2D eigenvalue weighted by Gasteiger charge is -2.04. The molecule has 0 heterocycles. The molecule has 0 bridgehead atoms. The van der Waals surface area contributed by atoms with Gasteiger partial charge < -0.3 is 10.8 Å². The fourth-order valence-electron chi connectivity index (χ4n) is 0.475. The molecule has 11 heavy (non-hydrogen) atoms. The number of aliphatic carboxylic acids is 1. The van der Waals surface area contributed by atoms with Crippen molar-refractivity contribution in [3.05, 3.63) is 0 Å². The second-order valence-corrected chi connectivity index (χ2v) is 4.86. The number of carbonyl (C=O) groups is 1. The van der Waals surface area contributed by atoms with E-state index in [0.717, 1.165) is 0 Å². The molecule has 6 heteroatoms. The van der Waals surface area contributed by atoms with Crippen LogP contribution in [0.25, 0.3) is 0 Å². The summed E-state index contributed by atoms with van der Waals surface area (Å²) in [5.74, 6) is -1.07. The van der Waals surface area contributed by atoms with Gasteiger partial charge in [-0.3, -0.25) is 13.8 Å². The first-order chi connectivity index (χ1) is 4.83. The van der Waals surface area contributed by atoms with Crippen molar-refractivity contribution in [1.29, 1.82) is 4.78 Å². The molecule has 0 aromatic heterocycles. The van der Waals surface area contributed by atoms with Crippen LogP contribution < -0.4 is 5.73 Å². The molecule has 0 amide bonds. The highest BCUT2D eigenvalue weighted by molar-refractivity contribution is 7.91. The summed E-state index contributed by atoms with van der Waals surface area (Å²) in [6.07, 6.45) is 1.36. The average molecular weight is 180 g/mol. The SMILES string of the molecule is C[S@@](=N)(=O)CC[C@@H](N)C(=O)O. The third kappa shape index (κ3) is 5.81. The minimum absolute atomic E-state index is 0.0421. The van der Waals surface area contributed by atoms with E-state index < -0.39 is 21.7 Å². The van der Waals surface area contributed by atoms with Gasteiger partial charge in [0, 0.05) is 21.7 Å². The largest absolute Gasteiger partial charge is 0.480 e. The number of carboxylic acid groups (broad SMARTS) is 1. The van der Waals surface area contributed by atoms with E-state index in [0.29, 0.717) is 0 Å². The molecule has 0 aliphatic carbocycles. The standard InChI is InChI=1S/C5H12N2O3S/c1-11(7,10)3-2-4(6)5(8)9/h4,7H,2-3,6H2,1H3,(H,8,9)/t4-,11-/m1/s1. The highest BCUT2D eigenvalue weighted by atomic mass is 32.2. The Morgan fingerprint density at radius 2 is 2.27 bits per heavy atom. The van der Waals surface area contributed by atoms with Crippen molar-refractivity contribution in [2.45, 2.75) is 12.5 Å². The van der Waals surface area contributed by atoms with Gasteiger partial charge in [0.15, 0.2) is 0 Å². The Morgan fingerprint density at radius 3 is 2.55 bits per heavy atom. The van der Waals surface area contributed by atoms with Gasteiger partial charge in [0.2, 0.25) is 0 Å². The Morgan fingerprint density at radius 1 is 1.82 bits per heavy atom. The van der Waals surface area contributed by atoms with Crippen LogP contribution in [-0.2, 0) is 14.5 Å². The van der Waals surface area contributed by atoms with Gasteiger partial charge in [-0.1, -0.05) is 0 Å². The van der Waals surface area contributed by atoms with E-state index in [1.165, 1.54) is 6.26 Å². The van der Waals surface area contributed by atoms with Gasteiger partial charge in [0.1, 0.15) is 6.04 Å². The summed E-state index contributed by atoms with van der Waals surface area (Å²) in [5, 5.41) is 8.30. The van der Waals surface area contributed by atoms with Crippen LogP contribution in [0.5, 0.6) is 0 Å². The van der Waals surface area contributed by atoms with Gasteiger partial charge in [0.05, 0.1) is 0 Å². The fourth-order valence-corrected chi connectivity index (χ4v) is 1.18. The first-order valence-electron chi connectivity index (χ1n) is 3.03. The average Bonchev–Trinajstić information content (AvgIpc) is 1.80. The van der Waals surface area contributed by atoms with Crippen LogP contribution in [0.2, 0.25) is 0 Å². The van der Waals surface area contributed by atoms with E-state index in [9.17, 15) is 9.00 Å². The monoisotopic (exact) mass is 180 g/mol. The summed E-state index contributed by atoms with van der Waals surface area (Å²) in [4.78, 5) is 10.1. The molecule has 2 atom stereocenters. The van der Waals surface area contributed by atoms with Gasteiger partial charge >= 0.3 is 5.97 Å². The maximum absolute atomic E-state index is 10.7. The number of rotatable bonds is 4. The highest BCUT2D eigenvalue weighted by Gasteiger charge is 2.12. The zero-order chi connectivity index (χ0) is 9.07. The molecular weight excluding hydrogens is 168 g/mol. The molecule has 0 rings (SSSR count). The normalized spacial score (nSPS) is 18.7. The minimum Gasteiger partial charge on any atom is -0.480 e. The molecule has 4 N–H and O–H groups in total.